The Kier molecular flexibility index (Phi) is 2.98. The van der Waals surface area contributed by atoms with Gasteiger partial charge < -0.3 is 9.42 Å². The molecule has 0 aromatic carbocycles. The molecule has 2 aromatic heterocycles. The van der Waals surface area contributed by atoms with Crippen molar-refractivity contribution in [3.63, 3.8) is 0 Å². The van der Waals surface area contributed by atoms with Crippen molar-refractivity contribution in [1.29, 1.82) is 0 Å². The Morgan fingerprint density at radius 2 is 2.00 bits per heavy atom. The number of halogens is 2. The lowest BCUT2D eigenvalue weighted by molar-refractivity contribution is 0.0171. The van der Waals surface area contributed by atoms with Gasteiger partial charge in [0.2, 0.25) is 0 Å². The lowest BCUT2D eigenvalue weighted by Gasteiger charge is -2.09. The maximum atomic E-state index is 13.2. The second-order valence-corrected chi connectivity index (χ2v) is 4.14. The van der Waals surface area contributed by atoms with E-state index in [0.29, 0.717) is 11.5 Å². The van der Waals surface area contributed by atoms with Gasteiger partial charge in [-0.25, -0.2) is 8.78 Å². The van der Waals surface area contributed by atoms with Crippen molar-refractivity contribution in [2.45, 2.75) is 12.8 Å². The minimum absolute atomic E-state index is 0.164. The summed E-state index contributed by atoms with van der Waals surface area (Å²) in [5.74, 6) is -2.41. The van der Waals surface area contributed by atoms with Crippen molar-refractivity contribution < 1.29 is 13.3 Å². The van der Waals surface area contributed by atoms with E-state index in [0.717, 1.165) is 13.1 Å². The molecule has 0 fully saturated rings. The van der Waals surface area contributed by atoms with Crippen LogP contribution in [0.5, 0.6) is 0 Å². The quantitative estimate of drug-likeness (QED) is 0.841. The minimum atomic E-state index is -2.95. The third kappa shape index (κ3) is 2.44. The molecule has 0 aliphatic rings. The SMILES string of the molecule is CN(C)c1noc(-c2cncc(C(C)(F)F)c2)n1. The van der Waals surface area contributed by atoms with E-state index in [9.17, 15) is 8.78 Å². The molecule has 2 rings (SSSR count). The van der Waals surface area contributed by atoms with Crippen LogP contribution in [0.15, 0.2) is 23.0 Å². The second kappa shape index (κ2) is 4.32. The first-order chi connectivity index (χ1) is 8.38. The third-order valence-corrected chi connectivity index (χ3v) is 2.31. The van der Waals surface area contributed by atoms with Crippen LogP contribution in [0, 0.1) is 0 Å². The summed E-state index contributed by atoms with van der Waals surface area (Å²) in [4.78, 5) is 9.48. The predicted molar refractivity (Wildman–Crippen MR) is 61.4 cm³/mol. The van der Waals surface area contributed by atoms with Crippen LogP contribution in [0.4, 0.5) is 14.7 Å². The van der Waals surface area contributed by atoms with Crippen molar-refractivity contribution in [3.05, 3.63) is 24.0 Å². The van der Waals surface area contributed by atoms with Crippen LogP contribution >= 0.6 is 0 Å². The van der Waals surface area contributed by atoms with Crippen molar-refractivity contribution in [1.82, 2.24) is 15.1 Å². The average Bonchev–Trinajstić information content (AvgIpc) is 2.77. The fraction of sp³-hybridized carbons (Fsp3) is 0.364. The van der Waals surface area contributed by atoms with Crippen LogP contribution in [-0.2, 0) is 5.92 Å². The first kappa shape index (κ1) is 12.4. The van der Waals surface area contributed by atoms with E-state index in [2.05, 4.69) is 15.1 Å². The van der Waals surface area contributed by atoms with Crippen LogP contribution < -0.4 is 4.90 Å². The minimum Gasteiger partial charge on any atom is -0.344 e. The molecule has 0 N–H and O–H groups in total. The normalized spacial score (nSPS) is 11.6. The molecule has 0 amide bonds. The molecule has 0 atom stereocenters. The molecule has 96 valence electrons. The monoisotopic (exact) mass is 254 g/mol. The van der Waals surface area contributed by atoms with Crippen LogP contribution in [0.25, 0.3) is 11.5 Å². The van der Waals surface area contributed by atoms with Gasteiger partial charge in [0.15, 0.2) is 0 Å². The van der Waals surface area contributed by atoms with Gasteiger partial charge in [-0.05, 0) is 11.2 Å². The van der Waals surface area contributed by atoms with Crippen molar-refractivity contribution >= 4 is 5.95 Å². The Balaban J connectivity index is 2.38. The Morgan fingerprint density at radius 3 is 2.56 bits per heavy atom. The van der Waals surface area contributed by atoms with Crippen molar-refractivity contribution in [2.75, 3.05) is 19.0 Å². The molecular weight excluding hydrogens is 242 g/mol. The van der Waals surface area contributed by atoms with E-state index in [1.807, 2.05) is 0 Å². The molecule has 2 heterocycles. The maximum Gasteiger partial charge on any atom is 0.272 e. The van der Waals surface area contributed by atoms with Gasteiger partial charge in [-0.15, -0.1) is 0 Å². The Morgan fingerprint density at radius 1 is 1.28 bits per heavy atom. The standard InChI is InChI=1S/C11H12F2N4O/c1-11(12,13)8-4-7(5-14-6-8)9-15-10(16-18-9)17(2)3/h4-6H,1-3H3. The summed E-state index contributed by atoms with van der Waals surface area (Å²) >= 11 is 0. The topological polar surface area (TPSA) is 55.1 Å². The van der Waals surface area contributed by atoms with Gasteiger partial charge in [0, 0.05) is 39.0 Å². The predicted octanol–water partition coefficient (Wildman–Crippen LogP) is 2.31. The Hall–Kier alpha value is -2.05. The van der Waals surface area contributed by atoms with Crippen LogP contribution in [0.3, 0.4) is 0 Å². The fourth-order valence-electron chi connectivity index (χ4n) is 1.31. The highest BCUT2D eigenvalue weighted by molar-refractivity contribution is 5.54. The molecule has 0 aliphatic carbocycles. The van der Waals surface area contributed by atoms with E-state index < -0.39 is 5.92 Å². The molecule has 7 heteroatoms. The number of alkyl halides is 2. The highest BCUT2D eigenvalue weighted by atomic mass is 19.3. The summed E-state index contributed by atoms with van der Waals surface area (Å²) in [6, 6.07) is 1.29. The van der Waals surface area contributed by atoms with E-state index in [1.165, 1.54) is 12.3 Å². The maximum absolute atomic E-state index is 13.2. The van der Waals surface area contributed by atoms with E-state index in [-0.39, 0.29) is 11.5 Å². The van der Waals surface area contributed by atoms with Gasteiger partial charge in [-0.1, -0.05) is 0 Å². The molecule has 0 spiro atoms. The molecule has 0 saturated carbocycles. The van der Waals surface area contributed by atoms with Gasteiger partial charge in [-0.2, -0.15) is 4.98 Å². The summed E-state index contributed by atoms with van der Waals surface area (Å²) in [7, 11) is 3.51. The zero-order valence-corrected chi connectivity index (χ0v) is 10.2. The summed E-state index contributed by atoms with van der Waals surface area (Å²) < 4.78 is 31.3. The highest BCUT2D eigenvalue weighted by Gasteiger charge is 2.25. The number of aromatic nitrogens is 3. The molecule has 0 unspecified atom stereocenters. The van der Waals surface area contributed by atoms with Gasteiger partial charge in [-0.3, -0.25) is 4.98 Å². The fourth-order valence-corrected chi connectivity index (χ4v) is 1.31. The first-order valence-electron chi connectivity index (χ1n) is 5.22. The largest absolute Gasteiger partial charge is 0.344 e. The van der Waals surface area contributed by atoms with Gasteiger partial charge in [0.05, 0.1) is 5.56 Å². The third-order valence-electron chi connectivity index (χ3n) is 2.31. The summed E-state index contributed by atoms with van der Waals surface area (Å²) in [6.45, 7) is 0.812. The molecule has 5 nitrogen and oxygen atoms in total. The number of rotatable bonds is 3. The molecule has 0 aliphatic heterocycles. The number of pyridine rings is 1. The smallest absolute Gasteiger partial charge is 0.272 e. The van der Waals surface area contributed by atoms with E-state index >= 15 is 0 Å². The molecule has 18 heavy (non-hydrogen) atoms. The van der Waals surface area contributed by atoms with E-state index in [1.54, 1.807) is 19.0 Å². The molecule has 0 bridgehead atoms. The van der Waals surface area contributed by atoms with Crippen LogP contribution in [0.2, 0.25) is 0 Å². The van der Waals surface area contributed by atoms with Gasteiger partial charge >= 0.3 is 0 Å². The summed E-state index contributed by atoms with van der Waals surface area (Å²) in [5, 5.41) is 3.71. The number of hydrogen-bond donors (Lipinski definition) is 0. The lowest BCUT2D eigenvalue weighted by atomic mass is 10.1. The summed E-state index contributed by atoms with van der Waals surface area (Å²) in [6.07, 6.45) is 2.52. The highest BCUT2D eigenvalue weighted by Crippen LogP contribution is 2.29. The molecule has 0 radical (unpaired) electrons. The zero-order chi connectivity index (χ0) is 13.3. The zero-order valence-electron chi connectivity index (χ0n) is 10.2. The second-order valence-electron chi connectivity index (χ2n) is 4.14. The molecule has 0 saturated heterocycles. The van der Waals surface area contributed by atoms with Gasteiger partial charge in [0.25, 0.3) is 17.8 Å². The van der Waals surface area contributed by atoms with Gasteiger partial charge in [0.1, 0.15) is 0 Å². The Labute approximate surface area is 102 Å². The summed E-state index contributed by atoms with van der Waals surface area (Å²) in [5.41, 5.74) is 0.180. The van der Waals surface area contributed by atoms with Crippen LogP contribution in [-0.4, -0.2) is 29.2 Å². The number of hydrogen-bond acceptors (Lipinski definition) is 5. The average molecular weight is 254 g/mol. The van der Waals surface area contributed by atoms with Crippen molar-refractivity contribution in [2.24, 2.45) is 0 Å². The number of anilines is 1. The lowest BCUT2D eigenvalue weighted by Crippen LogP contribution is -2.10. The van der Waals surface area contributed by atoms with E-state index in [4.69, 9.17) is 4.52 Å². The molecular formula is C11H12F2N4O. The Bertz CT molecular complexity index is 548. The van der Waals surface area contributed by atoms with Crippen LogP contribution in [0.1, 0.15) is 12.5 Å². The first-order valence-corrected chi connectivity index (χ1v) is 5.22. The van der Waals surface area contributed by atoms with Crippen molar-refractivity contribution in [3.8, 4) is 11.5 Å². The molecule has 2 aromatic rings. The number of nitrogens with zero attached hydrogens (tertiary/aromatic N) is 4.